The minimum atomic E-state index is -0.801. The van der Waals surface area contributed by atoms with Gasteiger partial charge in [0, 0.05) is 11.5 Å². The highest BCUT2D eigenvalue weighted by Crippen LogP contribution is 2.29. The van der Waals surface area contributed by atoms with Crippen LogP contribution in [0.3, 0.4) is 0 Å². The first-order valence-corrected chi connectivity index (χ1v) is 5.75. The predicted octanol–water partition coefficient (Wildman–Crippen LogP) is 2.75. The Morgan fingerprint density at radius 1 is 1.53 bits per heavy atom. The summed E-state index contributed by atoms with van der Waals surface area (Å²) in [5, 5.41) is 11.3. The summed E-state index contributed by atoms with van der Waals surface area (Å²) in [5.74, 6) is -1.15. The Morgan fingerprint density at radius 3 is 2.53 bits per heavy atom. The fraction of sp³-hybridized carbons (Fsp3) is 0.333. The summed E-state index contributed by atoms with van der Waals surface area (Å²) < 4.78 is 14.2. The third-order valence-corrected chi connectivity index (χ3v) is 3.12. The summed E-state index contributed by atoms with van der Waals surface area (Å²) in [6.45, 7) is 3.38. The highest BCUT2D eigenvalue weighted by atomic mass is 79.9. The monoisotopic (exact) mass is 298 g/mol. The van der Waals surface area contributed by atoms with Crippen LogP contribution in [0.2, 0.25) is 0 Å². The molecule has 0 radical (unpaired) electrons. The van der Waals surface area contributed by atoms with Gasteiger partial charge in [-0.2, -0.15) is 5.26 Å². The van der Waals surface area contributed by atoms with Crippen molar-refractivity contribution in [1.82, 2.24) is 5.32 Å². The number of amides is 1. The number of nitrogens with one attached hydrogen (secondary N) is 1. The largest absolute Gasteiger partial charge is 0.355 e. The number of carbonyl (C=O) groups excluding carboxylic acids is 1. The van der Waals surface area contributed by atoms with Crippen LogP contribution in [0.4, 0.5) is 4.39 Å². The van der Waals surface area contributed by atoms with E-state index in [2.05, 4.69) is 27.3 Å². The van der Waals surface area contributed by atoms with Crippen LogP contribution >= 0.6 is 15.9 Å². The average molecular weight is 299 g/mol. The molecule has 0 aliphatic rings. The fourth-order valence-corrected chi connectivity index (χ4v) is 1.96. The summed E-state index contributed by atoms with van der Waals surface area (Å²) in [7, 11) is 1.43. The number of halogens is 2. The van der Waals surface area contributed by atoms with Crippen molar-refractivity contribution in [3.8, 4) is 6.07 Å². The minimum Gasteiger partial charge on any atom is -0.355 e. The van der Waals surface area contributed by atoms with E-state index < -0.39 is 17.1 Å². The lowest BCUT2D eigenvalue weighted by Gasteiger charge is -2.17. The van der Waals surface area contributed by atoms with Gasteiger partial charge in [0.15, 0.2) is 0 Å². The highest BCUT2D eigenvalue weighted by molar-refractivity contribution is 9.10. The van der Waals surface area contributed by atoms with E-state index in [-0.39, 0.29) is 5.56 Å². The zero-order valence-electron chi connectivity index (χ0n) is 9.77. The Bertz CT molecular complexity index is 483. The Morgan fingerprint density at radius 2 is 2.12 bits per heavy atom. The first-order valence-electron chi connectivity index (χ1n) is 4.96. The van der Waals surface area contributed by atoms with Crippen molar-refractivity contribution in [2.24, 2.45) is 0 Å². The number of nitriles is 1. The van der Waals surface area contributed by atoms with E-state index in [1.54, 1.807) is 19.9 Å². The maximum absolute atomic E-state index is 13.8. The molecule has 1 aromatic carbocycles. The molecule has 1 rings (SSSR count). The first-order chi connectivity index (χ1) is 7.83. The van der Waals surface area contributed by atoms with Gasteiger partial charge in [0.2, 0.25) is 0 Å². The topological polar surface area (TPSA) is 52.9 Å². The lowest BCUT2D eigenvalue weighted by Crippen LogP contribution is -2.21. The molecule has 1 aromatic rings. The van der Waals surface area contributed by atoms with Crippen LogP contribution in [0, 0.1) is 17.1 Å². The molecule has 0 atom stereocenters. The smallest absolute Gasteiger partial charge is 0.255 e. The Balaban J connectivity index is 3.39. The highest BCUT2D eigenvalue weighted by Gasteiger charge is 2.24. The maximum Gasteiger partial charge on any atom is 0.255 e. The molecule has 0 unspecified atom stereocenters. The number of nitrogens with zero attached hydrogens (tertiary/aromatic N) is 1. The SMILES string of the molecule is CNC(=O)c1c(F)cc(C(C)(C)C#N)cc1Br. The zero-order chi connectivity index (χ0) is 13.2. The van der Waals surface area contributed by atoms with Gasteiger partial charge in [-0.15, -0.1) is 0 Å². The number of benzene rings is 1. The molecule has 0 aromatic heterocycles. The van der Waals surface area contributed by atoms with Crippen molar-refractivity contribution in [3.05, 3.63) is 33.5 Å². The quantitative estimate of drug-likeness (QED) is 0.913. The lowest BCUT2D eigenvalue weighted by molar-refractivity contribution is 0.0958. The zero-order valence-corrected chi connectivity index (χ0v) is 11.4. The number of carbonyl (C=O) groups is 1. The third-order valence-electron chi connectivity index (χ3n) is 2.50. The van der Waals surface area contributed by atoms with Gasteiger partial charge in [0.1, 0.15) is 5.82 Å². The molecule has 3 nitrogen and oxygen atoms in total. The van der Waals surface area contributed by atoms with Crippen molar-refractivity contribution < 1.29 is 9.18 Å². The van der Waals surface area contributed by atoms with Crippen LogP contribution in [-0.2, 0) is 5.41 Å². The number of hydrogen-bond acceptors (Lipinski definition) is 2. The van der Waals surface area contributed by atoms with Gasteiger partial charge < -0.3 is 5.32 Å². The van der Waals surface area contributed by atoms with E-state index in [1.165, 1.54) is 13.1 Å². The second kappa shape index (κ2) is 4.84. The van der Waals surface area contributed by atoms with Gasteiger partial charge in [-0.1, -0.05) is 0 Å². The van der Waals surface area contributed by atoms with Crippen molar-refractivity contribution in [3.63, 3.8) is 0 Å². The maximum atomic E-state index is 13.8. The Labute approximate surface area is 108 Å². The first kappa shape index (κ1) is 13.7. The molecule has 0 aliphatic heterocycles. The second-order valence-corrected chi connectivity index (χ2v) is 4.99. The molecular formula is C12H12BrFN2O. The average Bonchev–Trinajstić information content (AvgIpc) is 2.27. The van der Waals surface area contributed by atoms with Crippen LogP contribution in [0.1, 0.15) is 29.8 Å². The van der Waals surface area contributed by atoms with Crippen molar-refractivity contribution in [2.45, 2.75) is 19.3 Å². The van der Waals surface area contributed by atoms with Crippen molar-refractivity contribution in [2.75, 3.05) is 7.05 Å². The van der Waals surface area contributed by atoms with Crippen molar-refractivity contribution in [1.29, 1.82) is 5.26 Å². The van der Waals surface area contributed by atoms with E-state index in [0.29, 0.717) is 10.0 Å². The normalized spacial score (nSPS) is 10.8. The van der Waals surface area contributed by atoms with Gasteiger partial charge in [-0.25, -0.2) is 4.39 Å². The van der Waals surface area contributed by atoms with Crippen LogP contribution in [0.25, 0.3) is 0 Å². The summed E-state index contributed by atoms with van der Waals surface area (Å²) in [6, 6.07) is 4.90. The van der Waals surface area contributed by atoms with E-state index in [1.807, 2.05) is 0 Å². The molecule has 0 heterocycles. The van der Waals surface area contributed by atoms with Crippen molar-refractivity contribution >= 4 is 21.8 Å². The molecule has 17 heavy (non-hydrogen) atoms. The molecular weight excluding hydrogens is 287 g/mol. The number of rotatable bonds is 2. The molecule has 0 saturated carbocycles. The van der Waals surface area contributed by atoms with Gasteiger partial charge in [-0.3, -0.25) is 4.79 Å². The molecule has 0 saturated heterocycles. The van der Waals surface area contributed by atoms with Crippen LogP contribution < -0.4 is 5.32 Å². The molecule has 1 N–H and O–H groups in total. The third kappa shape index (κ3) is 2.64. The predicted molar refractivity (Wildman–Crippen MR) is 66.1 cm³/mol. The van der Waals surface area contributed by atoms with Gasteiger partial charge in [0.05, 0.1) is 17.0 Å². The standard InChI is InChI=1S/C12H12BrFN2O/c1-12(2,6-15)7-4-8(13)10(9(14)5-7)11(17)16-3/h4-5H,1-3H3,(H,16,17). The summed E-state index contributed by atoms with van der Waals surface area (Å²) in [6.07, 6.45) is 0. The molecule has 0 spiro atoms. The van der Waals surface area contributed by atoms with E-state index in [9.17, 15) is 9.18 Å². The van der Waals surface area contributed by atoms with Crippen LogP contribution in [0.5, 0.6) is 0 Å². The lowest BCUT2D eigenvalue weighted by atomic mass is 9.86. The van der Waals surface area contributed by atoms with E-state index >= 15 is 0 Å². The molecule has 5 heteroatoms. The Kier molecular flexibility index (Phi) is 3.89. The second-order valence-electron chi connectivity index (χ2n) is 4.13. The minimum absolute atomic E-state index is 0.0509. The number of hydrogen-bond donors (Lipinski definition) is 1. The molecule has 1 amide bonds. The Hall–Kier alpha value is -1.41. The van der Waals surface area contributed by atoms with Gasteiger partial charge >= 0.3 is 0 Å². The summed E-state index contributed by atoms with van der Waals surface area (Å²) in [4.78, 5) is 11.4. The van der Waals surface area contributed by atoms with Crippen LogP contribution in [0.15, 0.2) is 16.6 Å². The molecule has 0 aliphatic carbocycles. The molecule has 0 fully saturated rings. The molecule has 0 bridgehead atoms. The van der Waals surface area contributed by atoms with E-state index in [0.717, 1.165) is 0 Å². The fourth-order valence-electron chi connectivity index (χ4n) is 1.34. The van der Waals surface area contributed by atoms with Gasteiger partial charge in [0.25, 0.3) is 5.91 Å². The van der Waals surface area contributed by atoms with E-state index in [4.69, 9.17) is 5.26 Å². The van der Waals surface area contributed by atoms with Gasteiger partial charge in [-0.05, 0) is 47.5 Å². The molecule has 90 valence electrons. The summed E-state index contributed by atoms with van der Waals surface area (Å²) >= 11 is 3.15. The van der Waals surface area contributed by atoms with Crippen LogP contribution in [-0.4, -0.2) is 13.0 Å². The summed E-state index contributed by atoms with van der Waals surface area (Å²) in [5.41, 5.74) is -0.327.